The van der Waals surface area contributed by atoms with Crippen LogP contribution in [-0.4, -0.2) is 29.8 Å². The van der Waals surface area contributed by atoms with Gasteiger partial charge in [0.05, 0.1) is 5.57 Å². The van der Waals surface area contributed by atoms with E-state index in [1.807, 2.05) is 0 Å². The maximum atomic E-state index is 11.1. The number of amidine groups is 1. The van der Waals surface area contributed by atoms with Crippen LogP contribution in [0.4, 0.5) is 0 Å². The molecular formula is C9H14N2O2. The first-order valence-corrected chi connectivity index (χ1v) is 4.32. The first-order valence-electron chi connectivity index (χ1n) is 4.32. The molecule has 0 spiro atoms. The van der Waals surface area contributed by atoms with Crippen LogP contribution in [0, 0.1) is 0 Å². The van der Waals surface area contributed by atoms with Crippen molar-refractivity contribution in [2.75, 3.05) is 13.1 Å². The Morgan fingerprint density at radius 1 is 1.54 bits per heavy atom. The Kier molecular flexibility index (Phi) is 3.06. The molecule has 72 valence electrons. The molecule has 0 saturated carbocycles. The van der Waals surface area contributed by atoms with Crippen LogP contribution in [0.5, 0.6) is 0 Å². The summed E-state index contributed by atoms with van der Waals surface area (Å²) in [6, 6.07) is 0. The standard InChI is InChI=1S/C9H14N2O2/c1-6(12)8(7(2)13)9-10-4-3-5-11-9/h12H,3-5H2,1-2H3,(H,10,11)/b8-6-. The molecule has 1 aliphatic rings. The van der Waals surface area contributed by atoms with E-state index in [1.54, 1.807) is 0 Å². The lowest BCUT2D eigenvalue weighted by atomic mass is 10.1. The minimum absolute atomic E-state index is 0.0284. The van der Waals surface area contributed by atoms with Gasteiger partial charge in [-0.2, -0.15) is 0 Å². The largest absolute Gasteiger partial charge is 0.512 e. The number of aliphatic hydroxyl groups is 1. The predicted molar refractivity (Wildman–Crippen MR) is 50.9 cm³/mol. The Balaban J connectivity index is 2.95. The minimum Gasteiger partial charge on any atom is -0.512 e. The SMILES string of the molecule is CC(=O)/C(C1=NCCCN1)=C(\C)O. The molecule has 4 nitrogen and oxygen atoms in total. The number of hydrogen-bond donors (Lipinski definition) is 2. The van der Waals surface area contributed by atoms with Gasteiger partial charge in [0.2, 0.25) is 0 Å². The topological polar surface area (TPSA) is 61.7 Å². The highest BCUT2D eigenvalue weighted by atomic mass is 16.3. The van der Waals surface area contributed by atoms with Crippen molar-refractivity contribution in [3.8, 4) is 0 Å². The van der Waals surface area contributed by atoms with Gasteiger partial charge in [-0.3, -0.25) is 9.79 Å². The molecule has 0 aromatic heterocycles. The van der Waals surface area contributed by atoms with Crippen LogP contribution in [-0.2, 0) is 4.79 Å². The Morgan fingerprint density at radius 3 is 2.62 bits per heavy atom. The van der Waals surface area contributed by atoms with Gasteiger partial charge in [0.1, 0.15) is 11.6 Å². The fourth-order valence-corrected chi connectivity index (χ4v) is 1.29. The van der Waals surface area contributed by atoms with E-state index in [-0.39, 0.29) is 11.5 Å². The van der Waals surface area contributed by atoms with Gasteiger partial charge in [0.25, 0.3) is 0 Å². The quantitative estimate of drug-likeness (QED) is 0.490. The van der Waals surface area contributed by atoms with Gasteiger partial charge in [-0.05, 0) is 20.3 Å². The van der Waals surface area contributed by atoms with Crippen molar-refractivity contribution in [1.82, 2.24) is 5.32 Å². The summed E-state index contributed by atoms with van der Waals surface area (Å²) in [4.78, 5) is 15.3. The molecule has 1 heterocycles. The van der Waals surface area contributed by atoms with Crippen molar-refractivity contribution in [2.24, 2.45) is 4.99 Å². The number of nitrogens with one attached hydrogen (secondary N) is 1. The summed E-state index contributed by atoms with van der Waals surface area (Å²) in [5, 5.41) is 12.3. The molecule has 0 fully saturated rings. The van der Waals surface area contributed by atoms with Crippen molar-refractivity contribution in [1.29, 1.82) is 0 Å². The zero-order chi connectivity index (χ0) is 9.84. The number of carbonyl (C=O) groups excluding carboxylic acids is 1. The monoisotopic (exact) mass is 182 g/mol. The second-order valence-electron chi connectivity index (χ2n) is 3.03. The highest BCUT2D eigenvalue weighted by molar-refractivity contribution is 6.21. The summed E-state index contributed by atoms with van der Waals surface area (Å²) in [6.07, 6.45) is 0.971. The molecule has 0 bridgehead atoms. The van der Waals surface area contributed by atoms with Crippen molar-refractivity contribution in [2.45, 2.75) is 20.3 Å². The number of ketones is 1. The number of aliphatic imine (C=N–C) groups is 1. The van der Waals surface area contributed by atoms with Crippen LogP contribution in [0.15, 0.2) is 16.3 Å². The van der Waals surface area contributed by atoms with Crippen LogP contribution >= 0.6 is 0 Å². The van der Waals surface area contributed by atoms with Gasteiger partial charge in [-0.25, -0.2) is 0 Å². The number of rotatable bonds is 2. The molecular weight excluding hydrogens is 168 g/mol. The smallest absolute Gasteiger partial charge is 0.166 e. The van der Waals surface area contributed by atoms with E-state index in [0.717, 1.165) is 13.0 Å². The van der Waals surface area contributed by atoms with Crippen LogP contribution < -0.4 is 5.32 Å². The molecule has 0 aliphatic carbocycles. The van der Waals surface area contributed by atoms with E-state index >= 15 is 0 Å². The minimum atomic E-state index is -0.159. The average Bonchev–Trinajstić information content (AvgIpc) is 2.04. The zero-order valence-electron chi connectivity index (χ0n) is 7.92. The van der Waals surface area contributed by atoms with Gasteiger partial charge in [-0.15, -0.1) is 0 Å². The van der Waals surface area contributed by atoms with Gasteiger partial charge < -0.3 is 10.4 Å². The summed E-state index contributed by atoms with van der Waals surface area (Å²) in [7, 11) is 0. The molecule has 0 unspecified atom stereocenters. The van der Waals surface area contributed by atoms with Crippen molar-refractivity contribution >= 4 is 11.6 Å². The molecule has 0 aromatic rings. The molecule has 4 heteroatoms. The maximum absolute atomic E-state index is 11.1. The molecule has 13 heavy (non-hydrogen) atoms. The molecule has 0 atom stereocenters. The van der Waals surface area contributed by atoms with Crippen molar-refractivity contribution < 1.29 is 9.90 Å². The van der Waals surface area contributed by atoms with E-state index in [4.69, 9.17) is 0 Å². The molecule has 1 aliphatic heterocycles. The number of carbonyl (C=O) groups is 1. The molecule has 0 aromatic carbocycles. The number of aliphatic hydroxyl groups excluding tert-OH is 1. The van der Waals surface area contributed by atoms with Gasteiger partial charge in [0.15, 0.2) is 5.78 Å². The molecule has 1 rings (SSSR count). The van der Waals surface area contributed by atoms with E-state index in [0.29, 0.717) is 18.0 Å². The highest BCUT2D eigenvalue weighted by Gasteiger charge is 2.16. The van der Waals surface area contributed by atoms with Crippen molar-refractivity contribution in [3.05, 3.63) is 11.3 Å². The van der Waals surface area contributed by atoms with Gasteiger partial charge >= 0.3 is 0 Å². The lowest BCUT2D eigenvalue weighted by Crippen LogP contribution is -2.33. The Hall–Kier alpha value is -1.32. The summed E-state index contributed by atoms with van der Waals surface area (Å²) in [5.74, 6) is 0.396. The second-order valence-corrected chi connectivity index (χ2v) is 3.03. The van der Waals surface area contributed by atoms with E-state index in [1.165, 1.54) is 13.8 Å². The van der Waals surface area contributed by atoms with E-state index in [2.05, 4.69) is 10.3 Å². The van der Waals surface area contributed by atoms with Crippen LogP contribution in [0.25, 0.3) is 0 Å². The first-order chi connectivity index (χ1) is 6.13. The number of allylic oxidation sites excluding steroid dienone is 1. The second kappa shape index (κ2) is 4.07. The van der Waals surface area contributed by atoms with E-state index < -0.39 is 0 Å². The van der Waals surface area contributed by atoms with Gasteiger partial charge in [-0.1, -0.05) is 0 Å². The molecule has 0 saturated heterocycles. The third-order valence-corrected chi connectivity index (χ3v) is 1.85. The average molecular weight is 182 g/mol. The third kappa shape index (κ3) is 2.31. The highest BCUT2D eigenvalue weighted by Crippen LogP contribution is 2.06. The fraction of sp³-hybridized carbons (Fsp3) is 0.556. The summed E-state index contributed by atoms with van der Waals surface area (Å²) >= 11 is 0. The predicted octanol–water partition coefficient (Wildman–Crippen LogP) is 0.799. The Labute approximate surface area is 77.4 Å². The third-order valence-electron chi connectivity index (χ3n) is 1.85. The zero-order valence-corrected chi connectivity index (χ0v) is 7.92. The van der Waals surface area contributed by atoms with Crippen LogP contribution in [0.2, 0.25) is 0 Å². The van der Waals surface area contributed by atoms with Crippen LogP contribution in [0.3, 0.4) is 0 Å². The van der Waals surface area contributed by atoms with Crippen LogP contribution in [0.1, 0.15) is 20.3 Å². The summed E-state index contributed by atoms with van der Waals surface area (Å²) in [6.45, 7) is 4.44. The number of Topliss-reactive ketones (excluding diaryl/α,β-unsaturated/α-hetero) is 1. The van der Waals surface area contributed by atoms with Gasteiger partial charge in [0, 0.05) is 13.1 Å². The number of nitrogens with zero attached hydrogens (tertiary/aromatic N) is 1. The molecule has 0 amide bonds. The first kappa shape index (κ1) is 9.77. The Morgan fingerprint density at radius 2 is 2.23 bits per heavy atom. The molecule has 2 N–H and O–H groups in total. The lowest BCUT2D eigenvalue weighted by molar-refractivity contribution is -0.113. The van der Waals surface area contributed by atoms with Crippen molar-refractivity contribution in [3.63, 3.8) is 0 Å². The molecule has 0 radical (unpaired) electrons. The summed E-state index contributed by atoms with van der Waals surface area (Å²) < 4.78 is 0. The maximum Gasteiger partial charge on any atom is 0.166 e. The Bertz CT molecular complexity index is 275. The summed E-state index contributed by atoms with van der Waals surface area (Å²) in [5.41, 5.74) is 0.305. The lowest BCUT2D eigenvalue weighted by Gasteiger charge is -2.15. The number of hydrogen-bond acceptors (Lipinski definition) is 4. The normalized spacial score (nSPS) is 18.5. The van der Waals surface area contributed by atoms with E-state index in [9.17, 15) is 9.90 Å². The fourth-order valence-electron chi connectivity index (χ4n) is 1.29.